The van der Waals surface area contributed by atoms with Gasteiger partial charge in [0, 0.05) is 5.69 Å². The first-order valence-electron chi connectivity index (χ1n) is 10.0. The first-order valence-corrected chi connectivity index (χ1v) is 10.0. The fourth-order valence-corrected chi connectivity index (χ4v) is 3.84. The molecule has 5 rings (SSSR count). The summed E-state index contributed by atoms with van der Waals surface area (Å²) in [6.45, 7) is 0. The Labute approximate surface area is 188 Å². The Balaban J connectivity index is 1.51. The van der Waals surface area contributed by atoms with E-state index in [1.165, 1.54) is 12.1 Å². The molecule has 0 fully saturated rings. The standard InChI is InChI=1S/C26H17NO6/c28-18-11-10-17(27-14-6-8-16(9-7-14)33-15-4-2-1-3-5-15)21-22(18)26(32)24-20(30)13-12-19(29)23(24)25(21)31/h1-13,27-30H. The van der Waals surface area contributed by atoms with Crippen LogP contribution in [-0.2, 0) is 0 Å². The van der Waals surface area contributed by atoms with Gasteiger partial charge in [-0.15, -0.1) is 0 Å². The van der Waals surface area contributed by atoms with E-state index in [4.69, 9.17) is 4.74 Å². The maximum atomic E-state index is 13.3. The summed E-state index contributed by atoms with van der Waals surface area (Å²) in [5.41, 5.74) is -0.0729. The second-order valence-electron chi connectivity index (χ2n) is 7.46. The van der Waals surface area contributed by atoms with Gasteiger partial charge in [0.2, 0.25) is 11.6 Å². The summed E-state index contributed by atoms with van der Waals surface area (Å²) >= 11 is 0. The van der Waals surface area contributed by atoms with Crippen molar-refractivity contribution in [1.29, 1.82) is 0 Å². The summed E-state index contributed by atoms with van der Waals surface area (Å²) in [4.78, 5) is 26.3. The Kier molecular flexibility index (Phi) is 4.71. The predicted octanol–water partition coefficient (Wildman–Crippen LogP) is 5.11. The lowest BCUT2D eigenvalue weighted by atomic mass is 9.81. The van der Waals surface area contributed by atoms with Gasteiger partial charge in [-0.25, -0.2) is 0 Å². The highest BCUT2D eigenvalue weighted by Gasteiger charge is 2.38. The molecular weight excluding hydrogens is 422 g/mol. The number of aromatic hydroxyl groups is 3. The van der Waals surface area contributed by atoms with Crippen LogP contribution in [0.25, 0.3) is 0 Å². The van der Waals surface area contributed by atoms with E-state index in [0.29, 0.717) is 17.2 Å². The van der Waals surface area contributed by atoms with Gasteiger partial charge >= 0.3 is 0 Å². The Hall–Kier alpha value is -4.78. The van der Waals surface area contributed by atoms with Crippen molar-refractivity contribution in [3.8, 4) is 28.7 Å². The molecule has 0 aliphatic heterocycles. The maximum Gasteiger partial charge on any atom is 0.202 e. The molecule has 0 spiro atoms. The number of carbonyl (C=O) groups is 2. The topological polar surface area (TPSA) is 116 Å². The molecule has 0 radical (unpaired) electrons. The summed E-state index contributed by atoms with van der Waals surface area (Å²) in [6.07, 6.45) is 0. The predicted molar refractivity (Wildman–Crippen MR) is 121 cm³/mol. The second kappa shape index (κ2) is 7.72. The van der Waals surface area contributed by atoms with E-state index in [9.17, 15) is 24.9 Å². The van der Waals surface area contributed by atoms with Gasteiger partial charge < -0.3 is 25.4 Å². The zero-order valence-electron chi connectivity index (χ0n) is 17.1. The molecule has 0 bridgehead atoms. The number of ketones is 2. The van der Waals surface area contributed by atoms with Crippen LogP contribution in [0.1, 0.15) is 31.8 Å². The molecule has 0 aromatic heterocycles. The van der Waals surface area contributed by atoms with E-state index in [-0.39, 0.29) is 27.9 Å². The molecule has 0 saturated carbocycles. The van der Waals surface area contributed by atoms with E-state index in [1.807, 2.05) is 30.3 Å². The number of phenols is 3. The van der Waals surface area contributed by atoms with Crippen molar-refractivity contribution in [2.45, 2.75) is 0 Å². The van der Waals surface area contributed by atoms with Crippen molar-refractivity contribution in [3.05, 3.63) is 101 Å². The number of nitrogens with one attached hydrogen (secondary N) is 1. The largest absolute Gasteiger partial charge is 0.507 e. The average Bonchev–Trinajstić information content (AvgIpc) is 2.82. The fourth-order valence-electron chi connectivity index (χ4n) is 3.84. The molecule has 1 aliphatic carbocycles. The van der Waals surface area contributed by atoms with Crippen LogP contribution < -0.4 is 10.1 Å². The summed E-state index contributed by atoms with van der Waals surface area (Å²) in [7, 11) is 0. The van der Waals surface area contributed by atoms with Crippen molar-refractivity contribution in [1.82, 2.24) is 0 Å². The van der Waals surface area contributed by atoms with Gasteiger partial charge in [0.1, 0.15) is 28.7 Å². The van der Waals surface area contributed by atoms with Gasteiger partial charge in [0.25, 0.3) is 0 Å². The SMILES string of the molecule is O=C1c2c(O)ccc(O)c2C(=O)c2c(Nc3ccc(Oc4ccccc4)cc3)ccc(O)c21. The van der Waals surface area contributed by atoms with Gasteiger partial charge in [-0.2, -0.15) is 0 Å². The summed E-state index contributed by atoms with van der Waals surface area (Å²) in [5.74, 6) is -1.40. The van der Waals surface area contributed by atoms with Gasteiger partial charge in [0.05, 0.1) is 27.9 Å². The number of benzene rings is 4. The van der Waals surface area contributed by atoms with Crippen molar-refractivity contribution in [2.75, 3.05) is 5.32 Å². The van der Waals surface area contributed by atoms with Gasteiger partial charge in [-0.3, -0.25) is 9.59 Å². The molecule has 33 heavy (non-hydrogen) atoms. The number of rotatable bonds is 4. The zero-order chi connectivity index (χ0) is 23.1. The number of hydrogen-bond donors (Lipinski definition) is 4. The van der Waals surface area contributed by atoms with E-state index in [0.717, 1.165) is 12.1 Å². The highest BCUT2D eigenvalue weighted by molar-refractivity contribution is 6.32. The number of anilines is 2. The smallest absolute Gasteiger partial charge is 0.202 e. The minimum Gasteiger partial charge on any atom is -0.507 e. The minimum absolute atomic E-state index is 0.0852. The lowest BCUT2D eigenvalue weighted by Gasteiger charge is -2.23. The van der Waals surface area contributed by atoms with E-state index in [1.54, 1.807) is 24.3 Å². The van der Waals surface area contributed by atoms with Crippen molar-refractivity contribution >= 4 is 22.9 Å². The molecule has 0 saturated heterocycles. The first kappa shape index (κ1) is 20.1. The monoisotopic (exact) mass is 439 g/mol. The van der Waals surface area contributed by atoms with Crippen LogP contribution >= 0.6 is 0 Å². The fraction of sp³-hybridized carbons (Fsp3) is 0. The van der Waals surface area contributed by atoms with Crippen LogP contribution in [0.15, 0.2) is 78.9 Å². The van der Waals surface area contributed by atoms with E-state index >= 15 is 0 Å². The highest BCUT2D eigenvalue weighted by atomic mass is 16.5. The molecule has 0 amide bonds. The number of phenolic OH excluding ortho intramolecular Hbond substituents is 3. The third-order valence-electron chi connectivity index (χ3n) is 5.37. The molecule has 4 N–H and O–H groups in total. The Morgan fingerprint density at radius 2 is 1.03 bits per heavy atom. The van der Waals surface area contributed by atoms with Crippen LogP contribution in [0, 0.1) is 0 Å². The number of para-hydroxylation sites is 1. The number of fused-ring (bicyclic) bond motifs is 2. The molecule has 4 aromatic rings. The van der Waals surface area contributed by atoms with Crippen LogP contribution in [0.4, 0.5) is 11.4 Å². The summed E-state index contributed by atoms with van der Waals surface area (Å²) < 4.78 is 5.77. The molecular formula is C26H17NO6. The van der Waals surface area contributed by atoms with Crippen molar-refractivity contribution in [2.24, 2.45) is 0 Å². The third-order valence-corrected chi connectivity index (χ3v) is 5.37. The lowest BCUT2D eigenvalue weighted by molar-refractivity contribution is 0.0972. The van der Waals surface area contributed by atoms with Gasteiger partial charge in [-0.1, -0.05) is 18.2 Å². The van der Waals surface area contributed by atoms with Gasteiger partial charge in [-0.05, 0) is 60.7 Å². The molecule has 0 heterocycles. The number of ether oxygens (including phenoxy) is 1. The zero-order valence-corrected chi connectivity index (χ0v) is 17.1. The summed E-state index contributed by atoms with van der Waals surface area (Å²) in [5, 5.41) is 33.8. The molecule has 0 unspecified atom stereocenters. The first-order chi connectivity index (χ1) is 15.9. The Morgan fingerprint density at radius 3 is 1.64 bits per heavy atom. The average molecular weight is 439 g/mol. The molecule has 0 atom stereocenters. The summed E-state index contributed by atoms with van der Waals surface area (Å²) in [6, 6.07) is 21.3. The van der Waals surface area contributed by atoms with Crippen molar-refractivity contribution in [3.63, 3.8) is 0 Å². The molecule has 1 aliphatic rings. The highest BCUT2D eigenvalue weighted by Crippen LogP contribution is 2.43. The molecule has 162 valence electrons. The molecule has 7 nitrogen and oxygen atoms in total. The normalized spacial score (nSPS) is 12.1. The molecule has 4 aromatic carbocycles. The number of carbonyl (C=O) groups excluding carboxylic acids is 2. The van der Waals surface area contributed by atoms with Crippen molar-refractivity contribution < 1.29 is 29.6 Å². The Morgan fingerprint density at radius 1 is 0.545 bits per heavy atom. The van der Waals surface area contributed by atoms with E-state index in [2.05, 4.69) is 5.32 Å². The number of hydrogen-bond acceptors (Lipinski definition) is 7. The third kappa shape index (κ3) is 3.41. The maximum absolute atomic E-state index is 13.3. The van der Waals surface area contributed by atoms with Crippen LogP contribution in [-0.4, -0.2) is 26.9 Å². The molecule has 7 heteroatoms. The minimum atomic E-state index is -0.749. The Bertz CT molecular complexity index is 1410. The van der Waals surface area contributed by atoms with Crippen LogP contribution in [0.5, 0.6) is 28.7 Å². The second-order valence-corrected chi connectivity index (χ2v) is 7.46. The van der Waals surface area contributed by atoms with Crippen LogP contribution in [0.3, 0.4) is 0 Å². The van der Waals surface area contributed by atoms with Crippen LogP contribution in [0.2, 0.25) is 0 Å². The van der Waals surface area contributed by atoms with Gasteiger partial charge in [0.15, 0.2) is 0 Å². The lowest BCUT2D eigenvalue weighted by Crippen LogP contribution is -2.22. The van der Waals surface area contributed by atoms with E-state index < -0.39 is 28.8 Å². The quantitative estimate of drug-likeness (QED) is 0.287.